The number of nitrogens with one attached hydrogen (secondary N) is 1. The van der Waals surface area contributed by atoms with E-state index in [4.69, 9.17) is 11.5 Å². The van der Waals surface area contributed by atoms with Crippen LogP contribution in [0.2, 0.25) is 0 Å². The lowest BCUT2D eigenvalue weighted by molar-refractivity contribution is 0.102. The van der Waals surface area contributed by atoms with Crippen LogP contribution in [0.15, 0.2) is 36.4 Å². The molecule has 0 aliphatic rings. The Balaban J connectivity index is 2.28. The van der Waals surface area contributed by atoms with Crippen LogP contribution in [0.25, 0.3) is 0 Å². The maximum atomic E-state index is 13.4. The molecule has 1 amide bonds. The monoisotopic (exact) mass is 263 g/mol. The summed E-state index contributed by atoms with van der Waals surface area (Å²) in [6.45, 7) is 0. The molecule has 0 bridgehead atoms. The largest absolute Gasteiger partial charge is 0.399 e. The fourth-order valence-electron chi connectivity index (χ4n) is 1.60. The molecular weight excluding hydrogens is 252 g/mol. The van der Waals surface area contributed by atoms with Gasteiger partial charge in [0.2, 0.25) is 0 Å². The fraction of sp³-hybridized carbons (Fsp3) is 0. The van der Waals surface area contributed by atoms with Crippen LogP contribution in [0.1, 0.15) is 10.4 Å². The first-order valence-electron chi connectivity index (χ1n) is 5.39. The maximum Gasteiger partial charge on any atom is 0.255 e. The van der Waals surface area contributed by atoms with Gasteiger partial charge in [-0.3, -0.25) is 4.79 Å². The molecule has 0 radical (unpaired) electrons. The van der Waals surface area contributed by atoms with Gasteiger partial charge >= 0.3 is 0 Å². The van der Waals surface area contributed by atoms with Gasteiger partial charge in [0.1, 0.15) is 0 Å². The van der Waals surface area contributed by atoms with Gasteiger partial charge in [-0.25, -0.2) is 8.78 Å². The van der Waals surface area contributed by atoms with Crippen LogP contribution < -0.4 is 16.8 Å². The van der Waals surface area contributed by atoms with E-state index >= 15 is 0 Å². The third-order valence-electron chi connectivity index (χ3n) is 2.44. The Hall–Kier alpha value is -2.63. The number of carbonyl (C=O) groups is 1. The molecule has 98 valence electrons. The SMILES string of the molecule is Nc1cc(N)cc(C(=O)Nc2cccc(F)c2F)c1. The molecular formula is C13H11F2N3O. The Morgan fingerprint density at radius 2 is 1.68 bits per heavy atom. The van der Waals surface area contributed by atoms with Crippen molar-refractivity contribution in [1.82, 2.24) is 0 Å². The molecule has 2 rings (SSSR count). The summed E-state index contributed by atoms with van der Waals surface area (Å²) >= 11 is 0. The molecule has 0 aromatic heterocycles. The zero-order valence-electron chi connectivity index (χ0n) is 9.78. The molecule has 0 heterocycles. The van der Waals surface area contributed by atoms with Crippen molar-refractivity contribution in [1.29, 1.82) is 0 Å². The average molecular weight is 263 g/mol. The minimum Gasteiger partial charge on any atom is -0.399 e. The second kappa shape index (κ2) is 4.93. The zero-order chi connectivity index (χ0) is 14.0. The van der Waals surface area contributed by atoms with Gasteiger partial charge < -0.3 is 16.8 Å². The van der Waals surface area contributed by atoms with Gasteiger partial charge in [0, 0.05) is 16.9 Å². The Labute approximate surface area is 108 Å². The van der Waals surface area contributed by atoms with Gasteiger partial charge in [-0.1, -0.05) is 6.07 Å². The van der Waals surface area contributed by atoms with Crippen molar-refractivity contribution in [2.45, 2.75) is 0 Å². The first-order chi connectivity index (χ1) is 8.97. The zero-order valence-corrected chi connectivity index (χ0v) is 9.78. The highest BCUT2D eigenvalue weighted by molar-refractivity contribution is 6.05. The molecule has 0 saturated heterocycles. The summed E-state index contributed by atoms with van der Waals surface area (Å²) in [5.74, 6) is -2.78. The van der Waals surface area contributed by atoms with Gasteiger partial charge in [0.15, 0.2) is 11.6 Å². The fourth-order valence-corrected chi connectivity index (χ4v) is 1.60. The van der Waals surface area contributed by atoms with Crippen LogP contribution in [-0.2, 0) is 0 Å². The third-order valence-corrected chi connectivity index (χ3v) is 2.44. The van der Waals surface area contributed by atoms with Crippen molar-refractivity contribution < 1.29 is 13.6 Å². The van der Waals surface area contributed by atoms with E-state index in [1.807, 2.05) is 0 Å². The third kappa shape index (κ3) is 2.79. The highest BCUT2D eigenvalue weighted by atomic mass is 19.2. The minimum atomic E-state index is -1.12. The summed E-state index contributed by atoms with van der Waals surface area (Å²) in [7, 11) is 0. The number of hydrogen-bond acceptors (Lipinski definition) is 3. The molecule has 0 spiro atoms. The van der Waals surface area contributed by atoms with Gasteiger partial charge in [-0.15, -0.1) is 0 Å². The quantitative estimate of drug-likeness (QED) is 0.727. The Morgan fingerprint density at radius 3 is 2.32 bits per heavy atom. The van der Waals surface area contributed by atoms with Crippen molar-refractivity contribution >= 4 is 23.0 Å². The number of carbonyl (C=O) groups excluding carboxylic acids is 1. The molecule has 0 saturated carbocycles. The van der Waals surface area contributed by atoms with E-state index in [2.05, 4.69) is 5.32 Å². The van der Waals surface area contributed by atoms with Crippen molar-refractivity contribution in [3.05, 3.63) is 53.6 Å². The lowest BCUT2D eigenvalue weighted by Crippen LogP contribution is -2.14. The first kappa shape index (κ1) is 12.8. The molecule has 19 heavy (non-hydrogen) atoms. The molecule has 4 nitrogen and oxygen atoms in total. The molecule has 0 aliphatic heterocycles. The molecule has 2 aromatic carbocycles. The molecule has 6 heteroatoms. The topological polar surface area (TPSA) is 81.1 Å². The van der Waals surface area contributed by atoms with Crippen LogP contribution in [0.3, 0.4) is 0 Å². The van der Waals surface area contributed by atoms with E-state index in [1.54, 1.807) is 0 Å². The number of amides is 1. The van der Waals surface area contributed by atoms with Gasteiger partial charge in [-0.05, 0) is 30.3 Å². The van der Waals surface area contributed by atoms with Crippen molar-refractivity contribution in [2.24, 2.45) is 0 Å². The van der Waals surface area contributed by atoms with E-state index in [-0.39, 0.29) is 11.3 Å². The number of rotatable bonds is 2. The number of anilines is 3. The van der Waals surface area contributed by atoms with Crippen LogP contribution >= 0.6 is 0 Å². The van der Waals surface area contributed by atoms with Gasteiger partial charge in [-0.2, -0.15) is 0 Å². The number of benzene rings is 2. The summed E-state index contributed by atoms with van der Waals surface area (Å²) in [4.78, 5) is 11.9. The Bertz CT molecular complexity index is 624. The average Bonchev–Trinajstić information content (AvgIpc) is 2.33. The van der Waals surface area contributed by atoms with Crippen LogP contribution in [0, 0.1) is 11.6 Å². The van der Waals surface area contributed by atoms with Crippen LogP contribution in [-0.4, -0.2) is 5.91 Å². The molecule has 0 aliphatic carbocycles. The summed E-state index contributed by atoms with van der Waals surface area (Å²) in [6.07, 6.45) is 0. The van der Waals surface area contributed by atoms with Crippen LogP contribution in [0.5, 0.6) is 0 Å². The Kier molecular flexibility index (Phi) is 3.33. The molecule has 0 unspecified atom stereocenters. The van der Waals surface area contributed by atoms with E-state index in [0.717, 1.165) is 6.07 Å². The number of halogens is 2. The number of nitrogens with two attached hydrogens (primary N) is 2. The van der Waals surface area contributed by atoms with E-state index in [0.29, 0.717) is 11.4 Å². The number of nitrogen functional groups attached to an aromatic ring is 2. The summed E-state index contributed by atoms with van der Waals surface area (Å²) in [6, 6.07) is 7.78. The van der Waals surface area contributed by atoms with E-state index in [9.17, 15) is 13.6 Å². The second-order valence-corrected chi connectivity index (χ2v) is 3.94. The van der Waals surface area contributed by atoms with E-state index in [1.165, 1.54) is 30.3 Å². The predicted octanol–water partition coefficient (Wildman–Crippen LogP) is 2.38. The molecule has 0 fully saturated rings. The lowest BCUT2D eigenvalue weighted by atomic mass is 10.1. The molecule has 2 aromatic rings. The lowest BCUT2D eigenvalue weighted by Gasteiger charge is -2.08. The summed E-state index contributed by atoms with van der Waals surface area (Å²) in [5.41, 5.74) is 11.6. The molecule has 5 N–H and O–H groups in total. The van der Waals surface area contributed by atoms with Crippen molar-refractivity contribution in [2.75, 3.05) is 16.8 Å². The summed E-state index contributed by atoms with van der Waals surface area (Å²) < 4.78 is 26.4. The van der Waals surface area contributed by atoms with Gasteiger partial charge in [0.25, 0.3) is 5.91 Å². The van der Waals surface area contributed by atoms with Crippen LogP contribution in [0.4, 0.5) is 25.8 Å². The van der Waals surface area contributed by atoms with E-state index < -0.39 is 17.5 Å². The van der Waals surface area contributed by atoms with Crippen molar-refractivity contribution in [3.8, 4) is 0 Å². The van der Waals surface area contributed by atoms with Crippen molar-refractivity contribution in [3.63, 3.8) is 0 Å². The smallest absolute Gasteiger partial charge is 0.255 e. The predicted molar refractivity (Wildman–Crippen MR) is 69.6 cm³/mol. The number of hydrogen-bond donors (Lipinski definition) is 3. The standard InChI is InChI=1S/C13H11F2N3O/c14-10-2-1-3-11(12(10)15)18-13(19)7-4-8(16)6-9(17)5-7/h1-6H,16-17H2,(H,18,19). The summed E-state index contributed by atoms with van der Waals surface area (Å²) in [5, 5.41) is 2.26. The first-order valence-corrected chi connectivity index (χ1v) is 5.39. The normalized spacial score (nSPS) is 10.2. The highest BCUT2D eigenvalue weighted by Crippen LogP contribution is 2.19. The Morgan fingerprint density at radius 1 is 1.05 bits per heavy atom. The maximum absolute atomic E-state index is 13.4. The van der Waals surface area contributed by atoms with Gasteiger partial charge in [0.05, 0.1) is 5.69 Å². The molecule has 0 atom stereocenters. The second-order valence-electron chi connectivity index (χ2n) is 3.94. The minimum absolute atomic E-state index is 0.168. The highest BCUT2D eigenvalue weighted by Gasteiger charge is 2.12.